The number of rotatable bonds is 2. The number of aryl methyl sites for hydroxylation is 2. The van der Waals surface area contributed by atoms with Crippen molar-refractivity contribution in [2.45, 2.75) is 34.6 Å². The van der Waals surface area contributed by atoms with Gasteiger partial charge in [-0.2, -0.15) is 0 Å². The summed E-state index contributed by atoms with van der Waals surface area (Å²) >= 11 is 0. The van der Waals surface area contributed by atoms with E-state index in [-0.39, 0.29) is 5.41 Å². The Hall–Kier alpha value is -1.57. The molecule has 0 atom stereocenters. The van der Waals surface area contributed by atoms with Gasteiger partial charge in [-0.1, -0.05) is 39.0 Å². The molecule has 0 saturated heterocycles. The van der Waals surface area contributed by atoms with Crippen molar-refractivity contribution in [2.75, 3.05) is 0 Å². The molecule has 1 aromatic carbocycles. The van der Waals surface area contributed by atoms with E-state index in [9.17, 15) is 4.79 Å². The third-order valence-electron chi connectivity index (χ3n) is 2.89. The van der Waals surface area contributed by atoms with Gasteiger partial charge in [-0.25, -0.2) is 4.79 Å². The Morgan fingerprint density at radius 3 is 2.18 bits per heavy atom. The van der Waals surface area contributed by atoms with Crippen LogP contribution in [-0.2, 0) is 4.79 Å². The number of carboxylic acids is 1. The summed E-state index contributed by atoms with van der Waals surface area (Å²) < 4.78 is 0. The Labute approximate surface area is 103 Å². The summed E-state index contributed by atoms with van der Waals surface area (Å²) in [5, 5.41) is 8.96. The highest BCUT2D eigenvalue weighted by molar-refractivity contribution is 5.91. The van der Waals surface area contributed by atoms with Gasteiger partial charge in [0.05, 0.1) is 0 Å². The molecule has 1 N–H and O–H groups in total. The molecule has 2 heteroatoms. The molecule has 1 aromatic rings. The van der Waals surface area contributed by atoms with E-state index in [0.717, 1.165) is 11.1 Å². The second-order valence-electron chi connectivity index (χ2n) is 5.45. The van der Waals surface area contributed by atoms with Crippen LogP contribution < -0.4 is 0 Å². The summed E-state index contributed by atoms with van der Waals surface area (Å²) in [7, 11) is 0. The minimum absolute atomic E-state index is 0.180. The van der Waals surface area contributed by atoms with Crippen molar-refractivity contribution >= 4 is 11.5 Å². The normalized spacial score (nSPS) is 12.6. The van der Waals surface area contributed by atoms with Gasteiger partial charge in [-0.3, -0.25) is 0 Å². The first-order valence-electron chi connectivity index (χ1n) is 5.74. The van der Waals surface area contributed by atoms with Gasteiger partial charge < -0.3 is 5.11 Å². The Balaban J connectivity index is 3.33. The Morgan fingerprint density at radius 1 is 1.18 bits per heavy atom. The molecule has 0 amide bonds. The fraction of sp³-hybridized carbons (Fsp3) is 0.400. The van der Waals surface area contributed by atoms with Crippen molar-refractivity contribution in [3.8, 4) is 0 Å². The molecule has 0 aliphatic rings. The third-order valence-corrected chi connectivity index (χ3v) is 2.89. The summed E-state index contributed by atoms with van der Waals surface area (Å²) in [6.07, 6.45) is 1.31. The van der Waals surface area contributed by atoms with Gasteiger partial charge in [-0.05, 0) is 41.5 Å². The van der Waals surface area contributed by atoms with Crippen LogP contribution in [0.25, 0.3) is 5.57 Å². The first-order valence-corrected chi connectivity index (χ1v) is 5.74. The maximum absolute atomic E-state index is 10.9. The molecule has 0 aromatic heterocycles. The Bertz CT molecular complexity index is 462. The van der Waals surface area contributed by atoms with Crippen LogP contribution >= 0.6 is 0 Å². The topological polar surface area (TPSA) is 37.3 Å². The second-order valence-corrected chi connectivity index (χ2v) is 5.45. The van der Waals surface area contributed by atoms with Crippen LogP contribution in [0.5, 0.6) is 0 Å². The molecule has 0 aliphatic carbocycles. The zero-order chi connectivity index (χ0) is 13.2. The zero-order valence-corrected chi connectivity index (χ0v) is 11.2. The van der Waals surface area contributed by atoms with Crippen molar-refractivity contribution < 1.29 is 9.90 Å². The minimum atomic E-state index is -0.895. The fourth-order valence-corrected chi connectivity index (χ4v) is 1.77. The number of aliphatic carboxylic acids is 1. The number of hydrogen-bond donors (Lipinski definition) is 1. The molecule has 0 radical (unpaired) electrons. The molecule has 17 heavy (non-hydrogen) atoms. The van der Waals surface area contributed by atoms with Gasteiger partial charge >= 0.3 is 5.97 Å². The summed E-state index contributed by atoms with van der Waals surface area (Å²) in [5.74, 6) is -0.895. The van der Waals surface area contributed by atoms with Crippen LogP contribution in [0, 0.1) is 19.3 Å². The highest BCUT2D eigenvalue weighted by Gasteiger charge is 2.20. The number of carbonyl (C=O) groups is 1. The maximum atomic E-state index is 10.9. The van der Waals surface area contributed by atoms with Crippen molar-refractivity contribution in [2.24, 2.45) is 5.41 Å². The SMILES string of the molecule is Cc1ccc(/C(=C/C(=O)O)C(C)(C)C)cc1C. The number of carboxylic acid groups (broad SMARTS) is 1. The lowest BCUT2D eigenvalue weighted by atomic mass is 9.81. The smallest absolute Gasteiger partial charge is 0.328 e. The third kappa shape index (κ3) is 3.45. The van der Waals surface area contributed by atoms with Crippen LogP contribution in [-0.4, -0.2) is 11.1 Å². The van der Waals surface area contributed by atoms with Crippen LogP contribution in [0.15, 0.2) is 24.3 Å². The van der Waals surface area contributed by atoms with E-state index < -0.39 is 5.97 Å². The van der Waals surface area contributed by atoms with E-state index in [4.69, 9.17) is 5.11 Å². The first kappa shape index (κ1) is 13.5. The van der Waals surface area contributed by atoms with Crippen molar-refractivity contribution in [3.63, 3.8) is 0 Å². The van der Waals surface area contributed by atoms with Crippen molar-refractivity contribution in [1.29, 1.82) is 0 Å². The van der Waals surface area contributed by atoms with E-state index >= 15 is 0 Å². The highest BCUT2D eigenvalue weighted by Crippen LogP contribution is 2.34. The van der Waals surface area contributed by atoms with Crippen molar-refractivity contribution in [1.82, 2.24) is 0 Å². The summed E-state index contributed by atoms with van der Waals surface area (Å²) in [5.41, 5.74) is 4.07. The predicted molar refractivity (Wildman–Crippen MR) is 71.0 cm³/mol. The molecule has 0 aliphatic heterocycles. The minimum Gasteiger partial charge on any atom is -0.478 e. The Kier molecular flexibility index (Phi) is 3.76. The maximum Gasteiger partial charge on any atom is 0.328 e. The van der Waals surface area contributed by atoms with Gasteiger partial charge in [0.1, 0.15) is 0 Å². The zero-order valence-electron chi connectivity index (χ0n) is 11.2. The number of allylic oxidation sites excluding steroid dienone is 1. The molecule has 0 spiro atoms. The van der Waals surface area contributed by atoms with E-state index in [2.05, 4.69) is 13.0 Å². The second kappa shape index (κ2) is 4.74. The predicted octanol–water partition coefficient (Wildman–Crippen LogP) is 3.82. The van der Waals surface area contributed by atoms with Gasteiger partial charge in [-0.15, -0.1) is 0 Å². The fourth-order valence-electron chi connectivity index (χ4n) is 1.77. The molecule has 0 heterocycles. The van der Waals surface area contributed by atoms with Crippen molar-refractivity contribution in [3.05, 3.63) is 41.0 Å². The van der Waals surface area contributed by atoms with Gasteiger partial charge in [0.25, 0.3) is 0 Å². The number of hydrogen-bond acceptors (Lipinski definition) is 1. The van der Waals surface area contributed by atoms with Crippen LogP contribution in [0.3, 0.4) is 0 Å². The largest absolute Gasteiger partial charge is 0.478 e. The monoisotopic (exact) mass is 232 g/mol. The molecular formula is C15H20O2. The lowest BCUT2D eigenvalue weighted by molar-refractivity contribution is -0.131. The molecular weight excluding hydrogens is 212 g/mol. The summed E-state index contributed by atoms with van der Waals surface area (Å²) in [6.45, 7) is 10.2. The number of benzene rings is 1. The average Bonchev–Trinajstić information content (AvgIpc) is 2.17. The molecule has 0 bridgehead atoms. The van der Waals surface area contributed by atoms with Gasteiger partial charge in [0, 0.05) is 6.08 Å². The molecule has 0 unspecified atom stereocenters. The quantitative estimate of drug-likeness (QED) is 0.787. The lowest BCUT2D eigenvalue weighted by Gasteiger charge is -2.23. The van der Waals surface area contributed by atoms with Crippen LogP contribution in [0.2, 0.25) is 0 Å². The summed E-state index contributed by atoms with van der Waals surface area (Å²) in [4.78, 5) is 10.9. The van der Waals surface area contributed by atoms with Gasteiger partial charge in [0.15, 0.2) is 0 Å². The van der Waals surface area contributed by atoms with E-state index in [0.29, 0.717) is 0 Å². The molecule has 1 rings (SSSR count). The molecule has 2 nitrogen and oxygen atoms in total. The highest BCUT2D eigenvalue weighted by atomic mass is 16.4. The lowest BCUT2D eigenvalue weighted by Crippen LogP contribution is -2.10. The van der Waals surface area contributed by atoms with E-state index in [1.807, 2.05) is 39.8 Å². The molecule has 0 saturated carbocycles. The summed E-state index contributed by atoms with van der Waals surface area (Å²) in [6, 6.07) is 6.07. The standard InChI is InChI=1S/C15H20O2/c1-10-6-7-12(8-11(10)2)13(9-14(16)17)15(3,4)5/h6-9H,1-5H3,(H,16,17)/b13-9-. The molecule has 92 valence electrons. The average molecular weight is 232 g/mol. The van der Waals surface area contributed by atoms with Gasteiger partial charge in [0.2, 0.25) is 0 Å². The van der Waals surface area contributed by atoms with Crippen LogP contribution in [0.1, 0.15) is 37.5 Å². The van der Waals surface area contributed by atoms with Crippen LogP contribution in [0.4, 0.5) is 0 Å². The first-order chi connectivity index (χ1) is 7.71. The van der Waals surface area contributed by atoms with E-state index in [1.54, 1.807) is 0 Å². The molecule has 0 fully saturated rings. The Morgan fingerprint density at radius 2 is 1.76 bits per heavy atom. The van der Waals surface area contributed by atoms with E-state index in [1.165, 1.54) is 17.2 Å².